The Labute approximate surface area is 142 Å². The molecule has 2 rings (SSSR count). The molecule has 1 aromatic carbocycles. The third-order valence-corrected chi connectivity index (χ3v) is 5.96. The molecule has 0 amide bonds. The summed E-state index contributed by atoms with van der Waals surface area (Å²) in [4.78, 5) is 10.4. The van der Waals surface area contributed by atoms with Gasteiger partial charge in [0.05, 0.1) is 9.82 Å². The van der Waals surface area contributed by atoms with Crippen LogP contribution < -0.4 is 5.32 Å². The van der Waals surface area contributed by atoms with Crippen molar-refractivity contribution in [3.05, 3.63) is 33.9 Å². The lowest BCUT2D eigenvalue weighted by Gasteiger charge is -2.31. The first-order valence-electron chi connectivity index (χ1n) is 7.26. The van der Waals surface area contributed by atoms with Crippen molar-refractivity contribution in [2.75, 3.05) is 26.7 Å². The molecule has 1 aromatic rings. The lowest BCUT2D eigenvalue weighted by Crippen LogP contribution is -2.40. The number of nitro benzene ring substituents is 1. The fourth-order valence-corrected chi connectivity index (χ4v) is 4.34. The summed E-state index contributed by atoms with van der Waals surface area (Å²) in [6.45, 7) is 3.43. The number of nitro groups is 1. The first-order valence-corrected chi connectivity index (χ1v) is 8.70. The van der Waals surface area contributed by atoms with Gasteiger partial charge >= 0.3 is 0 Å². The van der Waals surface area contributed by atoms with Crippen molar-refractivity contribution < 1.29 is 13.3 Å². The molecule has 1 aliphatic rings. The Morgan fingerprint density at radius 2 is 1.96 bits per heavy atom. The van der Waals surface area contributed by atoms with Gasteiger partial charge in [-0.25, -0.2) is 8.42 Å². The molecule has 0 radical (unpaired) electrons. The molecule has 0 aliphatic carbocycles. The van der Waals surface area contributed by atoms with E-state index in [2.05, 4.69) is 5.32 Å². The Hall–Kier alpha value is -1.22. The van der Waals surface area contributed by atoms with E-state index in [1.54, 1.807) is 6.92 Å². The summed E-state index contributed by atoms with van der Waals surface area (Å²) in [6, 6.07) is 3.96. The van der Waals surface area contributed by atoms with E-state index in [1.165, 1.54) is 22.5 Å². The molecule has 1 heterocycles. The molecule has 0 spiro atoms. The van der Waals surface area contributed by atoms with Crippen LogP contribution in [0.15, 0.2) is 23.1 Å². The molecule has 1 N–H and O–H groups in total. The summed E-state index contributed by atoms with van der Waals surface area (Å²) >= 11 is 0. The molecule has 0 aromatic heterocycles. The number of nitrogens with one attached hydrogen (secondary N) is 1. The van der Waals surface area contributed by atoms with E-state index >= 15 is 0 Å². The zero-order chi connectivity index (χ0) is 16.3. The molecule has 1 saturated heterocycles. The van der Waals surface area contributed by atoms with Crippen molar-refractivity contribution in [2.24, 2.45) is 5.92 Å². The van der Waals surface area contributed by atoms with E-state index in [0.717, 1.165) is 19.4 Å². The molecular formula is C14H22ClN3O4S. The van der Waals surface area contributed by atoms with Gasteiger partial charge in [0.1, 0.15) is 0 Å². The van der Waals surface area contributed by atoms with E-state index in [-0.39, 0.29) is 23.0 Å². The van der Waals surface area contributed by atoms with Crippen LogP contribution in [0.25, 0.3) is 0 Å². The van der Waals surface area contributed by atoms with Gasteiger partial charge in [0.15, 0.2) is 0 Å². The quantitative estimate of drug-likeness (QED) is 0.637. The maximum Gasteiger partial charge on any atom is 0.272 e. The second kappa shape index (κ2) is 8.05. The number of aryl methyl sites for hydroxylation is 1. The van der Waals surface area contributed by atoms with Crippen molar-refractivity contribution in [3.63, 3.8) is 0 Å². The molecule has 0 bridgehead atoms. The monoisotopic (exact) mass is 363 g/mol. The Balaban J connectivity index is 0.00000264. The molecule has 0 saturated carbocycles. The molecule has 1 aliphatic heterocycles. The maximum atomic E-state index is 12.6. The minimum atomic E-state index is -3.58. The molecule has 7 nitrogen and oxygen atoms in total. The van der Waals surface area contributed by atoms with Gasteiger partial charge < -0.3 is 5.32 Å². The third-order valence-electron chi connectivity index (χ3n) is 4.07. The topological polar surface area (TPSA) is 92.6 Å². The van der Waals surface area contributed by atoms with Crippen molar-refractivity contribution in [1.29, 1.82) is 0 Å². The fourth-order valence-electron chi connectivity index (χ4n) is 2.78. The Morgan fingerprint density at radius 1 is 1.35 bits per heavy atom. The van der Waals surface area contributed by atoms with Gasteiger partial charge in [-0.2, -0.15) is 4.31 Å². The van der Waals surface area contributed by atoms with Gasteiger partial charge in [-0.3, -0.25) is 10.1 Å². The van der Waals surface area contributed by atoms with Crippen LogP contribution in [0.1, 0.15) is 18.4 Å². The van der Waals surface area contributed by atoms with Crippen LogP contribution in [0, 0.1) is 23.0 Å². The van der Waals surface area contributed by atoms with E-state index in [0.29, 0.717) is 24.6 Å². The van der Waals surface area contributed by atoms with E-state index in [4.69, 9.17) is 0 Å². The van der Waals surface area contributed by atoms with Gasteiger partial charge in [-0.1, -0.05) is 0 Å². The summed E-state index contributed by atoms with van der Waals surface area (Å²) in [5.74, 6) is 0.495. The third kappa shape index (κ3) is 4.41. The van der Waals surface area contributed by atoms with E-state index < -0.39 is 14.9 Å². The van der Waals surface area contributed by atoms with Crippen LogP contribution in [0.2, 0.25) is 0 Å². The van der Waals surface area contributed by atoms with Crippen molar-refractivity contribution in [1.82, 2.24) is 9.62 Å². The minimum Gasteiger partial charge on any atom is -0.319 e. The normalized spacial score (nSPS) is 16.8. The largest absolute Gasteiger partial charge is 0.319 e. The van der Waals surface area contributed by atoms with Crippen molar-refractivity contribution in [2.45, 2.75) is 24.7 Å². The predicted octanol–water partition coefficient (Wildman–Crippen LogP) is 1.95. The molecule has 23 heavy (non-hydrogen) atoms. The van der Waals surface area contributed by atoms with Crippen molar-refractivity contribution in [3.8, 4) is 0 Å². The Morgan fingerprint density at radius 3 is 2.43 bits per heavy atom. The molecule has 0 atom stereocenters. The number of rotatable bonds is 5. The highest BCUT2D eigenvalue weighted by Gasteiger charge is 2.29. The van der Waals surface area contributed by atoms with Crippen LogP contribution in [-0.4, -0.2) is 44.3 Å². The van der Waals surface area contributed by atoms with Crippen LogP contribution in [0.4, 0.5) is 5.69 Å². The number of hydrogen-bond acceptors (Lipinski definition) is 5. The molecule has 0 unspecified atom stereocenters. The first kappa shape index (κ1) is 19.8. The Bertz CT molecular complexity index is 658. The highest BCUT2D eigenvalue weighted by Crippen LogP contribution is 2.26. The highest BCUT2D eigenvalue weighted by molar-refractivity contribution is 7.89. The molecule has 130 valence electrons. The number of piperidine rings is 1. The van der Waals surface area contributed by atoms with E-state index in [1.807, 2.05) is 7.05 Å². The molecule has 9 heteroatoms. The average molecular weight is 364 g/mol. The summed E-state index contributed by atoms with van der Waals surface area (Å²) in [5.41, 5.74) is 0.294. The first-order chi connectivity index (χ1) is 10.4. The molecule has 1 fully saturated rings. The van der Waals surface area contributed by atoms with Crippen LogP contribution in [0.3, 0.4) is 0 Å². The van der Waals surface area contributed by atoms with Crippen molar-refractivity contribution >= 4 is 28.1 Å². The summed E-state index contributed by atoms with van der Waals surface area (Å²) in [7, 11) is -1.68. The maximum absolute atomic E-state index is 12.6. The number of sulfonamides is 1. The Kier molecular flexibility index (Phi) is 6.94. The van der Waals surface area contributed by atoms with Crippen LogP contribution in [-0.2, 0) is 10.0 Å². The van der Waals surface area contributed by atoms with Gasteiger partial charge in [0.2, 0.25) is 10.0 Å². The number of nitrogens with zero attached hydrogens (tertiary/aromatic N) is 2. The zero-order valence-electron chi connectivity index (χ0n) is 13.2. The van der Waals surface area contributed by atoms with Gasteiger partial charge in [-0.05, 0) is 51.4 Å². The summed E-state index contributed by atoms with van der Waals surface area (Å²) in [5, 5.41) is 13.9. The predicted molar refractivity (Wildman–Crippen MR) is 90.5 cm³/mol. The van der Waals surface area contributed by atoms with Crippen LogP contribution >= 0.6 is 12.4 Å². The number of benzene rings is 1. The second-order valence-electron chi connectivity index (χ2n) is 5.61. The lowest BCUT2D eigenvalue weighted by atomic mass is 9.98. The lowest BCUT2D eigenvalue weighted by molar-refractivity contribution is -0.385. The smallest absolute Gasteiger partial charge is 0.272 e. The average Bonchev–Trinajstić information content (AvgIpc) is 2.47. The SMILES string of the molecule is CNCC1CCN(S(=O)(=O)c2ccc([N+](=O)[O-])c(C)c2)CC1.Cl. The second-order valence-corrected chi connectivity index (χ2v) is 7.55. The van der Waals surface area contributed by atoms with Gasteiger partial charge in [0.25, 0.3) is 5.69 Å². The zero-order valence-corrected chi connectivity index (χ0v) is 14.8. The minimum absolute atomic E-state index is 0. The van der Waals surface area contributed by atoms with Gasteiger partial charge in [0, 0.05) is 24.7 Å². The highest BCUT2D eigenvalue weighted by atomic mass is 35.5. The standard InChI is InChI=1S/C14H21N3O4S.ClH/c1-11-9-13(3-4-14(11)17(18)19)22(20,21)16-7-5-12(6-8-16)10-15-2;/h3-4,9,12,15H,5-8,10H2,1-2H3;1H. The number of hydrogen-bond donors (Lipinski definition) is 1. The number of halogens is 1. The summed E-state index contributed by atoms with van der Waals surface area (Å²) in [6.07, 6.45) is 1.65. The van der Waals surface area contributed by atoms with Crippen LogP contribution in [0.5, 0.6) is 0 Å². The molecular weight excluding hydrogens is 342 g/mol. The summed E-state index contributed by atoms with van der Waals surface area (Å²) < 4.78 is 26.7. The fraction of sp³-hybridized carbons (Fsp3) is 0.571. The van der Waals surface area contributed by atoms with Gasteiger partial charge in [-0.15, -0.1) is 12.4 Å². The van der Waals surface area contributed by atoms with E-state index in [9.17, 15) is 18.5 Å².